The third-order valence-electron chi connectivity index (χ3n) is 4.49. The van der Waals surface area contributed by atoms with E-state index in [-0.39, 0.29) is 11.9 Å². The number of nitrogens with one attached hydrogen (secondary N) is 3. The van der Waals surface area contributed by atoms with Gasteiger partial charge in [-0.05, 0) is 62.1 Å². The zero-order valence-corrected chi connectivity index (χ0v) is 15.4. The Morgan fingerprint density at radius 3 is 2.31 bits per heavy atom. The van der Waals surface area contributed by atoms with Crippen molar-refractivity contribution in [1.82, 2.24) is 10.6 Å². The van der Waals surface area contributed by atoms with Gasteiger partial charge in [0.15, 0.2) is 0 Å². The van der Waals surface area contributed by atoms with Crippen LogP contribution in [0.4, 0.5) is 10.5 Å². The van der Waals surface area contributed by atoms with Crippen LogP contribution in [0.15, 0.2) is 53.7 Å². The lowest BCUT2D eigenvalue weighted by Crippen LogP contribution is -2.46. The Balaban J connectivity index is 1.98. The smallest absolute Gasteiger partial charge is 0.319 e. The van der Waals surface area contributed by atoms with Crippen molar-refractivity contribution >= 4 is 17.6 Å². The maximum Gasteiger partial charge on any atom is 0.319 e. The number of anilines is 1. The van der Waals surface area contributed by atoms with Crippen LogP contribution in [0.3, 0.4) is 0 Å². The van der Waals surface area contributed by atoms with Gasteiger partial charge < -0.3 is 16.0 Å². The van der Waals surface area contributed by atoms with Crippen LogP contribution in [-0.2, 0) is 4.79 Å². The van der Waals surface area contributed by atoms with E-state index in [1.165, 1.54) is 0 Å². The maximum absolute atomic E-state index is 13.0. The quantitative estimate of drug-likeness (QED) is 0.787. The molecule has 5 nitrogen and oxygen atoms in total. The van der Waals surface area contributed by atoms with Gasteiger partial charge in [-0.15, -0.1) is 0 Å². The zero-order chi connectivity index (χ0) is 18.8. The van der Waals surface area contributed by atoms with Crippen molar-refractivity contribution in [3.05, 3.63) is 76.0 Å². The minimum atomic E-state index is -0.490. The van der Waals surface area contributed by atoms with Gasteiger partial charge in [0.1, 0.15) is 0 Å². The van der Waals surface area contributed by atoms with Crippen molar-refractivity contribution < 1.29 is 9.59 Å². The number of hydrogen-bond acceptors (Lipinski definition) is 2. The number of carbonyl (C=O) groups is 2. The minimum Gasteiger partial charge on any atom is -0.327 e. The number of allylic oxidation sites excluding steroid dienone is 1. The van der Waals surface area contributed by atoms with Crippen molar-refractivity contribution in [3.8, 4) is 0 Å². The van der Waals surface area contributed by atoms with Crippen molar-refractivity contribution in [2.75, 3.05) is 5.32 Å². The van der Waals surface area contributed by atoms with E-state index in [1.54, 1.807) is 6.92 Å². The zero-order valence-electron chi connectivity index (χ0n) is 15.4. The molecule has 2 aromatic rings. The first-order valence-corrected chi connectivity index (χ1v) is 8.58. The molecule has 5 heteroatoms. The molecule has 1 heterocycles. The van der Waals surface area contributed by atoms with Crippen molar-refractivity contribution in [3.63, 3.8) is 0 Å². The molecule has 26 heavy (non-hydrogen) atoms. The third-order valence-corrected chi connectivity index (χ3v) is 4.49. The number of amides is 3. The van der Waals surface area contributed by atoms with Crippen molar-refractivity contribution in [1.29, 1.82) is 0 Å². The van der Waals surface area contributed by atoms with E-state index in [1.807, 2.05) is 57.2 Å². The van der Waals surface area contributed by atoms with E-state index < -0.39 is 6.04 Å². The van der Waals surface area contributed by atoms with Crippen LogP contribution < -0.4 is 16.0 Å². The fourth-order valence-electron chi connectivity index (χ4n) is 3.38. The molecule has 0 saturated carbocycles. The van der Waals surface area contributed by atoms with Gasteiger partial charge in [0.2, 0.25) is 0 Å². The second-order valence-corrected chi connectivity index (χ2v) is 6.76. The molecular formula is C21H23N3O2. The molecule has 1 aliphatic heterocycles. The third kappa shape index (κ3) is 3.61. The summed E-state index contributed by atoms with van der Waals surface area (Å²) in [7, 11) is 0. The Hall–Kier alpha value is -3.08. The van der Waals surface area contributed by atoms with Gasteiger partial charge in [-0.1, -0.05) is 30.3 Å². The van der Waals surface area contributed by atoms with Crippen LogP contribution in [0.25, 0.3) is 0 Å². The van der Waals surface area contributed by atoms with Gasteiger partial charge in [-0.2, -0.15) is 0 Å². The molecule has 0 aliphatic carbocycles. The Morgan fingerprint density at radius 2 is 1.65 bits per heavy atom. The first-order valence-electron chi connectivity index (χ1n) is 8.58. The maximum atomic E-state index is 13.0. The first-order chi connectivity index (χ1) is 12.3. The lowest BCUT2D eigenvalue weighted by atomic mass is 9.92. The van der Waals surface area contributed by atoms with E-state index in [2.05, 4.69) is 22.0 Å². The summed E-state index contributed by atoms with van der Waals surface area (Å²) in [6, 6.07) is 12.9. The van der Waals surface area contributed by atoms with Gasteiger partial charge >= 0.3 is 6.03 Å². The van der Waals surface area contributed by atoms with Crippen LogP contribution in [0.5, 0.6) is 0 Å². The summed E-state index contributed by atoms with van der Waals surface area (Å²) in [5, 5.41) is 8.55. The van der Waals surface area contributed by atoms with Crippen LogP contribution in [-0.4, -0.2) is 11.9 Å². The van der Waals surface area contributed by atoms with Gasteiger partial charge in [-0.3, -0.25) is 4.79 Å². The molecule has 0 aromatic heterocycles. The minimum absolute atomic E-state index is 0.228. The Morgan fingerprint density at radius 1 is 1.00 bits per heavy atom. The Kier molecular flexibility index (Phi) is 4.80. The predicted molar refractivity (Wildman–Crippen MR) is 103 cm³/mol. The van der Waals surface area contributed by atoms with Crippen LogP contribution >= 0.6 is 0 Å². The average Bonchev–Trinajstić information content (AvgIpc) is 2.53. The Bertz CT molecular complexity index is 895. The van der Waals surface area contributed by atoms with E-state index in [0.29, 0.717) is 11.3 Å². The van der Waals surface area contributed by atoms with E-state index in [9.17, 15) is 9.59 Å². The van der Waals surface area contributed by atoms with E-state index >= 15 is 0 Å². The summed E-state index contributed by atoms with van der Waals surface area (Å²) in [6.45, 7) is 7.70. The lowest BCUT2D eigenvalue weighted by molar-refractivity contribution is -0.113. The summed E-state index contributed by atoms with van der Waals surface area (Å²) >= 11 is 0. The van der Waals surface area contributed by atoms with Crippen LogP contribution in [0.2, 0.25) is 0 Å². The molecule has 3 rings (SSSR count). The highest BCUT2D eigenvalue weighted by Crippen LogP contribution is 2.29. The average molecular weight is 349 g/mol. The molecule has 0 saturated heterocycles. The summed E-state index contributed by atoms with van der Waals surface area (Å²) in [5.74, 6) is -0.228. The number of urea groups is 1. The summed E-state index contributed by atoms with van der Waals surface area (Å²) in [6.07, 6.45) is 0. The molecule has 1 atom stereocenters. The fraction of sp³-hybridized carbons (Fsp3) is 0.238. The normalized spacial score (nSPS) is 16.8. The SMILES string of the molecule is CC1=C(C(=O)Nc2cc(C)cc(C)c2)[C@@H](c2ccccc2C)NC(=O)N1. The van der Waals surface area contributed by atoms with Gasteiger partial charge in [-0.25, -0.2) is 4.79 Å². The molecule has 0 bridgehead atoms. The molecule has 3 N–H and O–H groups in total. The summed E-state index contributed by atoms with van der Waals surface area (Å²) < 4.78 is 0. The molecule has 0 radical (unpaired) electrons. The Labute approximate surface area is 153 Å². The number of carbonyl (C=O) groups excluding carboxylic acids is 2. The second kappa shape index (κ2) is 7.04. The largest absolute Gasteiger partial charge is 0.327 e. The number of rotatable bonds is 3. The summed E-state index contributed by atoms with van der Waals surface area (Å²) in [5.41, 5.74) is 5.90. The van der Waals surface area contributed by atoms with Crippen LogP contribution in [0, 0.1) is 20.8 Å². The molecule has 0 spiro atoms. The molecule has 0 fully saturated rings. The van der Waals surface area contributed by atoms with Crippen LogP contribution in [0.1, 0.15) is 35.2 Å². The first kappa shape index (κ1) is 17.7. The van der Waals surface area contributed by atoms with Crippen molar-refractivity contribution in [2.45, 2.75) is 33.7 Å². The monoisotopic (exact) mass is 349 g/mol. The number of benzene rings is 2. The fourth-order valence-corrected chi connectivity index (χ4v) is 3.38. The topological polar surface area (TPSA) is 70.2 Å². The van der Waals surface area contributed by atoms with Gasteiger partial charge in [0.25, 0.3) is 5.91 Å². The molecule has 3 amide bonds. The second-order valence-electron chi connectivity index (χ2n) is 6.76. The highest BCUT2D eigenvalue weighted by atomic mass is 16.2. The highest BCUT2D eigenvalue weighted by molar-refractivity contribution is 6.06. The van der Waals surface area contributed by atoms with Gasteiger partial charge in [0.05, 0.1) is 11.6 Å². The van der Waals surface area contributed by atoms with Crippen molar-refractivity contribution in [2.24, 2.45) is 0 Å². The summed E-state index contributed by atoms with van der Waals surface area (Å²) in [4.78, 5) is 25.0. The molecule has 0 unspecified atom stereocenters. The highest BCUT2D eigenvalue weighted by Gasteiger charge is 2.31. The van der Waals surface area contributed by atoms with E-state index in [0.717, 1.165) is 27.9 Å². The standard InChI is InChI=1S/C21H23N3O2/c1-12-9-13(2)11-16(10-12)23-20(25)18-15(4)22-21(26)24-19(18)17-8-6-5-7-14(17)3/h5-11,19H,1-4H3,(H,23,25)(H2,22,24,26)/t19-/m1/s1. The van der Waals surface area contributed by atoms with E-state index in [4.69, 9.17) is 0 Å². The molecule has 1 aliphatic rings. The lowest BCUT2D eigenvalue weighted by Gasteiger charge is -2.29. The molecule has 2 aromatic carbocycles. The molecule has 134 valence electrons. The van der Waals surface area contributed by atoms with Gasteiger partial charge in [0, 0.05) is 11.4 Å². The molecular weight excluding hydrogens is 326 g/mol. The number of hydrogen-bond donors (Lipinski definition) is 3. The number of aryl methyl sites for hydroxylation is 3. The predicted octanol–water partition coefficient (Wildman–Crippen LogP) is 3.88.